The van der Waals surface area contributed by atoms with E-state index in [1.807, 2.05) is 40.2 Å². The molecule has 0 aliphatic rings. The van der Waals surface area contributed by atoms with E-state index in [1.54, 1.807) is 19.6 Å². The van der Waals surface area contributed by atoms with Crippen molar-refractivity contribution in [2.24, 2.45) is 0 Å². The lowest BCUT2D eigenvalue weighted by molar-refractivity contribution is 0.0946. The predicted octanol–water partition coefficient (Wildman–Crippen LogP) is 7.28. The Labute approximate surface area is 225 Å². The number of hydrogen-bond acceptors (Lipinski definition) is 4. The quantitative estimate of drug-likeness (QED) is 0.216. The number of nitrogens with one attached hydrogen (secondary N) is 1. The van der Waals surface area contributed by atoms with Crippen LogP contribution in [0, 0.1) is 0 Å². The first kappa shape index (κ1) is 23.9. The Balaban J connectivity index is 1.20. The van der Waals surface area contributed by atoms with Gasteiger partial charge in [-0.25, -0.2) is 4.98 Å². The molecule has 0 radical (unpaired) electrons. The molecule has 1 amide bonds. The zero-order valence-electron chi connectivity index (χ0n) is 21.1. The van der Waals surface area contributed by atoms with Gasteiger partial charge in [0.25, 0.3) is 5.91 Å². The minimum atomic E-state index is -0.130. The Kier molecular flexibility index (Phi) is 6.63. The summed E-state index contributed by atoms with van der Waals surface area (Å²) >= 11 is 1.82. The van der Waals surface area contributed by atoms with Crippen molar-refractivity contribution < 1.29 is 9.53 Å². The average Bonchev–Trinajstić information content (AvgIpc) is 3.61. The van der Waals surface area contributed by atoms with Gasteiger partial charge in [-0.05, 0) is 59.9 Å². The number of benzene rings is 4. The van der Waals surface area contributed by atoms with Crippen LogP contribution in [-0.2, 0) is 6.42 Å². The van der Waals surface area contributed by atoms with Gasteiger partial charge in [-0.15, -0.1) is 11.3 Å². The number of fused-ring (bicyclic) bond motifs is 3. The molecule has 6 heteroatoms. The summed E-state index contributed by atoms with van der Waals surface area (Å²) in [5, 5.41) is 5.60. The van der Waals surface area contributed by atoms with Gasteiger partial charge in [-0.2, -0.15) is 0 Å². The van der Waals surface area contributed by atoms with Crippen LogP contribution in [0.2, 0.25) is 0 Å². The van der Waals surface area contributed by atoms with E-state index < -0.39 is 0 Å². The van der Waals surface area contributed by atoms with Gasteiger partial charge in [-0.1, -0.05) is 60.7 Å². The van der Waals surface area contributed by atoms with Crippen LogP contribution in [0.15, 0.2) is 104 Å². The fourth-order valence-electron chi connectivity index (χ4n) is 4.84. The number of ether oxygens (including phenoxy) is 1. The Hall–Kier alpha value is -4.42. The van der Waals surface area contributed by atoms with Crippen molar-refractivity contribution in [1.82, 2.24) is 14.9 Å². The summed E-state index contributed by atoms with van der Waals surface area (Å²) in [6, 6.07) is 31.3. The SMILES string of the molecule is COc1ccc(CCCNC(=O)c2cncn2-c2cccc(-c3cccc4c3sc3ccccc34)c2)cc1. The van der Waals surface area contributed by atoms with Crippen molar-refractivity contribution in [3.63, 3.8) is 0 Å². The number of rotatable bonds is 8. The highest BCUT2D eigenvalue weighted by Gasteiger charge is 2.15. The third-order valence-electron chi connectivity index (χ3n) is 6.80. The highest BCUT2D eigenvalue weighted by Crippen LogP contribution is 2.40. The van der Waals surface area contributed by atoms with Crippen molar-refractivity contribution in [2.75, 3.05) is 13.7 Å². The van der Waals surface area contributed by atoms with Gasteiger partial charge in [0.15, 0.2) is 0 Å². The van der Waals surface area contributed by atoms with E-state index >= 15 is 0 Å². The van der Waals surface area contributed by atoms with E-state index in [-0.39, 0.29) is 5.91 Å². The fraction of sp³-hybridized carbons (Fsp3) is 0.125. The molecule has 0 aliphatic heterocycles. The molecule has 188 valence electrons. The lowest BCUT2D eigenvalue weighted by Gasteiger charge is -2.11. The molecule has 5 nitrogen and oxygen atoms in total. The topological polar surface area (TPSA) is 56.1 Å². The van der Waals surface area contributed by atoms with E-state index in [2.05, 4.69) is 77.0 Å². The second-order valence-electron chi connectivity index (χ2n) is 9.19. The number of nitrogens with zero attached hydrogens (tertiary/aromatic N) is 2. The van der Waals surface area contributed by atoms with E-state index in [0.717, 1.165) is 29.8 Å². The van der Waals surface area contributed by atoms with Gasteiger partial charge in [0, 0.05) is 32.4 Å². The number of carbonyl (C=O) groups excluding carboxylic acids is 1. The molecule has 0 saturated carbocycles. The molecule has 0 spiro atoms. The summed E-state index contributed by atoms with van der Waals surface area (Å²) < 4.78 is 9.62. The maximum absolute atomic E-state index is 13.0. The number of imidazole rings is 1. The van der Waals surface area contributed by atoms with Gasteiger partial charge in [0.1, 0.15) is 11.4 Å². The minimum absolute atomic E-state index is 0.130. The lowest BCUT2D eigenvalue weighted by atomic mass is 10.0. The molecule has 0 fully saturated rings. The van der Waals surface area contributed by atoms with Crippen LogP contribution in [0.3, 0.4) is 0 Å². The number of aryl methyl sites for hydroxylation is 1. The Morgan fingerprint density at radius 2 is 1.76 bits per heavy atom. The van der Waals surface area contributed by atoms with Crippen LogP contribution in [0.5, 0.6) is 5.75 Å². The van der Waals surface area contributed by atoms with Crippen molar-refractivity contribution in [3.8, 4) is 22.6 Å². The zero-order chi connectivity index (χ0) is 25.9. The predicted molar refractivity (Wildman–Crippen MR) is 156 cm³/mol. The molecule has 0 atom stereocenters. The van der Waals surface area contributed by atoms with Crippen LogP contribution in [-0.4, -0.2) is 29.1 Å². The second-order valence-corrected chi connectivity index (χ2v) is 10.2. The molecule has 6 rings (SSSR count). The Morgan fingerprint density at radius 1 is 0.947 bits per heavy atom. The monoisotopic (exact) mass is 517 g/mol. The Morgan fingerprint density at radius 3 is 2.63 bits per heavy atom. The first-order valence-electron chi connectivity index (χ1n) is 12.7. The van der Waals surface area contributed by atoms with E-state index in [1.165, 1.54) is 31.3 Å². The summed E-state index contributed by atoms with van der Waals surface area (Å²) in [6.07, 6.45) is 5.05. The third kappa shape index (κ3) is 4.66. The number of thiophene rings is 1. The van der Waals surface area contributed by atoms with Gasteiger partial charge in [0.05, 0.1) is 19.6 Å². The number of carbonyl (C=O) groups is 1. The molecule has 0 aliphatic carbocycles. The lowest BCUT2D eigenvalue weighted by Crippen LogP contribution is -2.26. The number of aromatic nitrogens is 2. The molecule has 4 aromatic carbocycles. The maximum Gasteiger partial charge on any atom is 0.269 e. The van der Waals surface area contributed by atoms with Crippen LogP contribution in [0.25, 0.3) is 37.0 Å². The van der Waals surface area contributed by atoms with Crippen molar-refractivity contribution in [2.45, 2.75) is 12.8 Å². The normalized spacial score (nSPS) is 11.2. The van der Waals surface area contributed by atoms with Crippen LogP contribution < -0.4 is 10.1 Å². The summed E-state index contributed by atoms with van der Waals surface area (Å²) in [5.41, 5.74) is 4.94. The molecule has 6 aromatic rings. The number of amides is 1. The molecule has 0 saturated heterocycles. The first-order valence-corrected chi connectivity index (χ1v) is 13.5. The third-order valence-corrected chi connectivity index (χ3v) is 8.02. The zero-order valence-corrected chi connectivity index (χ0v) is 21.9. The second kappa shape index (κ2) is 10.5. The summed E-state index contributed by atoms with van der Waals surface area (Å²) in [5.74, 6) is 0.717. The van der Waals surface area contributed by atoms with Gasteiger partial charge >= 0.3 is 0 Å². The molecule has 0 unspecified atom stereocenters. The van der Waals surface area contributed by atoms with E-state index in [0.29, 0.717) is 12.2 Å². The smallest absolute Gasteiger partial charge is 0.269 e. The fourth-order valence-corrected chi connectivity index (χ4v) is 6.08. The maximum atomic E-state index is 13.0. The van der Waals surface area contributed by atoms with Crippen molar-refractivity contribution in [1.29, 1.82) is 0 Å². The standard InChI is InChI=1S/C32H27N3O2S/c1-37-25-16-14-22(15-17-25)7-6-18-34-32(36)29-20-33-21-35(29)24-9-4-8-23(19-24)26-11-5-12-28-27-10-2-3-13-30(27)38-31(26)28/h2-5,8-17,19-21H,6-7,18H2,1H3,(H,34,36). The summed E-state index contributed by atoms with van der Waals surface area (Å²) in [7, 11) is 1.66. The van der Waals surface area contributed by atoms with Crippen molar-refractivity contribution in [3.05, 3.63) is 115 Å². The van der Waals surface area contributed by atoms with Crippen LogP contribution >= 0.6 is 11.3 Å². The molecular weight excluding hydrogens is 490 g/mol. The summed E-state index contributed by atoms with van der Waals surface area (Å²) in [6.45, 7) is 0.587. The van der Waals surface area contributed by atoms with Gasteiger partial charge in [0.2, 0.25) is 0 Å². The van der Waals surface area contributed by atoms with E-state index in [9.17, 15) is 4.79 Å². The van der Waals surface area contributed by atoms with Crippen molar-refractivity contribution >= 4 is 37.4 Å². The molecule has 2 heterocycles. The molecular formula is C32H27N3O2S. The molecule has 38 heavy (non-hydrogen) atoms. The average molecular weight is 518 g/mol. The highest BCUT2D eigenvalue weighted by atomic mass is 32.1. The van der Waals surface area contributed by atoms with Crippen LogP contribution in [0.1, 0.15) is 22.5 Å². The van der Waals surface area contributed by atoms with Gasteiger partial charge < -0.3 is 10.1 Å². The van der Waals surface area contributed by atoms with Gasteiger partial charge in [-0.3, -0.25) is 9.36 Å². The Bertz CT molecular complexity index is 1730. The largest absolute Gasteiger partial charge is 0.497 e. The van der Waals surface area contributed by atoms with Crippen LogP contribution in [0.4, 0.5) is 0 Å². The number of methoxy groups -OCH3 is 1. The molecule has 1 N–H and O–H groups in total. The minimum Gasteiger partial charge on any atom is -0.497 e. The summed E-state index contributed by atoms with van der Waals surface area (Å²) in [4.78, 5) is 17.3. The highest BCUT2D eigenvalue weighted by molar-refractivity contribution is 7.26. The molecule has 2 aromatic heterocycles. The molecule has 0 bridgehead atoms. The number of hydrogen-bond donors (Lipinski definition) is 1. The van der Waals surface area contributed by atoms with E-state index in [4.69, 9.17) is 4.74 Å². The first-order chi connectivity index (χ1) is 18.7.